The third-order valence-corrected chi connectivity index (χ3v) is 3.95. The normalized spacial score (nSPS) is 11.4. The lowest BCUT2D eigenvalue weighted by atomic mass is 10.3. The Kier molecular flexibility index (Phi) is 4.95. The van der Waals surface area contributed by atoms with Gasteiger partial charge in [0, 0.05) is 18.2 Å². The van der Waals surface area contributed by atoms with Gasteiger partial charge in [0.2, 0.25) is 0 Å². The van der Waals surface area contributed by atoms with Crippen molar-refractivity contribution >= 4 is 27.6 Å². The van der Waals surface area contributed by atoms with E-state index in [1.165, 1.54) is 30.3 Å². The van der Waals surface area contributed by atoms with Gasteiger partial charge in [0.1, 0.15) is 9.84 Å². The molecule has 5 nitrogen and oxygen atoms in total. The number of hydrogen-bond donors (Lipinski definition) is 1. The van der Waals surface area contributed by atoms with Crippen molar-refractivity contribution in [3.63, 3.8) is 0 Å². The van der Waals surface area contributed by atoms with E-state index in [2.05, 4.69) is 4.98 Å². The highest BCUT2D eigenvalue weighted by Gasteiger charge is 2.04. The Bertz CT molecular complexity index is 482. The van der Waals surface area contributed by atoms with Gasteiger partial charge in [0.25, 0.3) is 0 Å². The van der Waals surface area contributed by atoms with E-state index in [1.807, 2.05) is 0 Å². The van der Waals surface area contributed by atoms with E-state index in [1.54, 1.807) is 6.07 Å². The number of carbonyl (C=O) groups is 1. The Morgan fingerprint density at radius 2 is 2.18 bits per heavy atom. The molecule has 0 bridgehead atoms. The van der Waals surface area contributed by atoms with Crippen LogP contribution < -0.4 is 0 Å². The molecule has 0 unspecified atom stereocenters. The molecule has 0 aromatic carbocycles. The van der Waals surface area contributed by atoms with Gasteiger partial charge in [-0.2, -0.15) is 0 Å². The number of rotatable bonds is 6. The Morgan fingerprint density at radius 1 is 1.47 bits per heavy atom. The second-order valence-corrected chi connectivity index (χ2v) is 6.90. The standard InChI is InChI=1S/C10H13NO4S2/c1-17(14,15)6-2-5-16-9-4-3-8(7-11-9)10(12)13/h3-4,7H,2,5-6H2,1H3,(H,12,13). The summed E-state index contributed by atoms with van der Waals surface area (Å²) in [5.41, 5.74) is 0.144. The van der Waals surface area contributed by atoms with Crippen molar-refractivity contribution in [3.05, 3.63) is 23.9 Å². The maximum Gasteiger partial charge on any atom is 0.337 e. The minimum atomic E-state index is -2.91. The monoisotopic (exact) mass is 275 g/mol. The van der Waals surface area contributed by atoms with Crippen LogP contribution in [0.4, 0.5) is 0 Å². The zero-order chi connectivity index (χ0) is 12.9. The van der Waals surface area contributed by atoms with E-state index in [4.69, 9.17) is 5.11 Å². The van der Waals surface area contributed by atoms with Gasteiger partial charge in [0.05, 0.1) is 16.3 Å². The average Bonchev–Trinajstić information content (AvgIpc) is 2.24. The molecule has 0 aliphatic heterocycles. The summed E-state index contributed by atoms with van der Waals surface area (Å²) >= 11 is 1.41. The molecule has 94 valence electrons. The minimum Gasteiger partial charge on any atom is -0.478 e. The molecular formula is C10H13NO4S2. The fourth-order valence-corrected chi connectivity index (χ4v) is 2.73. The van der Waals surface area contributed by atoms with Crippen molar-refractivity contribution in [2.75, 3.05) is 17.8 Å². The number of hydrogen-bond acceptors (Lipinski definition) is 5. The van der Waals surface area contributed by atoms with Gasteiger partial charge in [-0.25, -0.2) is 18.2 Å². The van der Waals surface area contributed by atoms with Gasteiger partial charge in [-0.3, -0.25) is 0 Å². The van der Waals surface area contributed by atoms with Gasteiger partial charge in [-0.05, 0) is 18.6 Å². The van der Waals surface area contributed by atoms with E-state index in [-0.39, 0.29) is 11.3 Å². The lowest BCUT2D eigenvalue weighted by Gasteiger charge is -2.01. The molecule has 0 aliphatic carbocycles. The van der Waals surface area contributed by atoms with Crippen LogP contribution in [-0.2, 0) is 9.84 Å². The first-order valence-corrected chi connectivity index (χ1v) is 7.93. The van der Waals surface area contributed by atoms with Crippen LogP contribution >= 0.6 is 11.8 Å². The van der Waals surface area contributed by atoms with Crippen molar-refractivity contribution < 1.29 is 18.3 Å². The van der Waals surface area contributed by atoms with Gasteiger partial charge in [0.15, 0.2) is 0 Å². The zero-order valence-corrected chi connectivity index (χ0v) is 10.9. The predicted octanol–water partition coefficient (Wildman–Crippen LogP) is 1.31. The maximum atomic E-state index is 10.9. The summed E-state index contributed by atoms with van der Waals surface area (Å²) in [5, 5.41) is 9.36. The first kappa shape index (κ1) is 14.0. The zero-order valence-electron chi connectivity index (χ0n) is 9.29. The number of thioether (sulfide) groups is 1. The van der Waals surface area contributed by atoms with Crippen molar-refractivity contribution in [1.29, 1.82) is 0 Å². The minimum absolute atomic E-state index is 0.144. The number of nitrogens with zero attached hydrogens (tertiary/aromatic N) is 1. The lowest BCUT2D eigenvalue weighted by molar-refractivity contribution is 0.0696. The molecule has 0 radical (unpaired) electrons. The summed E-state index contributed by atoms with van der Waals surface area (Å²) < 4.78 is 21.7. The Balaban J connectivity index is 2.40. The smallest absolute Gasteiger partial charge is 0.337 e. The Morgan fingerprint density at radius 3 is 2.65 bits per heavy atom. The molecule has 1 aromatic heterocycles. The summed E-state index contributed by atoms with van der Waals surface area (Å²) in [4.78, 5) is 14.5. The van der Waals surface area contributed by atoms with Crippen molar-refractivity contribution in [2.24, 2.45) is 0 Å². The van der Waals surface area contributed by atoms with Crippen LogP contribution in [0, 0.1) is 0 Å². The molecule has 0 saturated carbocycles. The summed E-state index contributed by atoms with van der Waals surface area (Å²) in [6.07, 6.45) is 3.06. The highest BCUT2D eigenvalue weighted by atomic mass is 32.2. The van der Waals surface area contributed by atoms with E-state index >= 15 is 0 Å². The molecule has 1 heterocycles. The van der Waals surface area contributed by atoms with Gasteiger partial charge >= 0.3 is 5.97 Å². The van der Waals surface area contributed by atoms with Crippen molar-refractivity contribution in [3.8, 4) is 0 Å². The molecule has 0 amide bonds. The molecule has 1 aromatic rings. The van der Waals surface area contributed by atoms with Crippen LogP contribution in [0.5, 0.6) is 0 Å². The molecular weight excluding hydrogens is 262 g/mol. The molecule has 0 saturated heterocycles. The van der Waals surface area contributed by atoms with Crippen molar-refractivity contribution in [2.45, 2.75) is 11.4 Å². The van der Waals surface area contributed by atoms with E-state index in [0.717, 1.165) is 0 Å². The lowest BCUT2D eigenvalue weighted by Crippen LogP contribution is -2.03. The van der Waals surface area contributed by atoms with Crippen LogP contribution in [0.15, 0.2) is 23.4 Å². The quantitative estimate of drug-likeness (QED) is 0.622. The summed E-state index contributed by atoms with van der Waals surface area (Å²) in [7, 11) is -2.91. The fraction of sp³-hybridized carbons (Fsp3) is 0.400. The number of aromatic nitrogens is 1. The van der Waals surface area contributed by atoms with Crippen molar-refractivity contribution in [1.82, 2.24) is 4.98 Å². The van der Waals surface area contributed by atoms with Crippen LogP contribution in [0.1, 0.15) is 16.8 Å². The van der Waals surface area contributed by atoms with Crippen LogP contribution in [0.25, 0.3) is 0 Å². The average molecular weight is 275 g/mol. The van der Waals surface area contributed by atoms with Crippen LogP contribution in [0.3, 0.4) is 0 Å². The van der Waals surface area contributed by atoms with Gasteiger partial charge in [-0.1, -0.05) is 0 Å². The second kappa shape index (κ2) is 6.02. The van der Waals surface area contributed by atoms with E-state index < -0.39 is 15.8 Å². The Labute approximate surface area is 104 Å². The summed E-state index contributed by atoms with van der Waals surface area (Å²) in [5.74, 6) is -0.203. The summed E-state index contributed by atoms with van der Waals surface area (Å²) in [6.45, 7) is 0. The topological polar surface area (TPSA) is 84.3 Å². The van der Waals surface area contributed by atoms with Gasteiger partial charge in [-0.15, -0.1) is 11.8 Å². The largest absolute Gasteiger partial charge is 0.478 e. The second-order valence-electron chi connectivity index (χ2n) is 3.52. The number of pyridine rings is 1. The first-order valence-electron chi connectivity index (χ1n) is 4.88. The summed E-state index contributed by atoms with van der Waals surface area (Å²) in [6, 6.07) is 3.10. The predicted molar refractivity (Wildman–Crippen MR) is 66.2 cm³/mol. The molecule has 1 N–H and O–H groups in total. The molecule has 0 atom stereocenters. The molecule has 1 rings (SSSR count). The maximum absolute atomic E-state index is 10.9. The molecule has 0 aliphatic rings. The van der Waals surface area contributed by atoms with E-state index in [9.17, 15) is 13.2 Å². The third-order valence-electron chi connectivity index (χ3n) is 1.89. The highest BCUT2D eigenvalue weighted by Crippen LogP contribution is 2.16. The Hall–Kier alpha value is -1.08. The highest BCUT2D eigenvalue weighted by molar-refractivity contribution is 7.99. The van der Waals surface area contributed by atoms with Gasteiger partial charge < -0.3 is 5.11 Å². The third kappa shape index (κ3) is 5.69. The first-order chi connectivity index (χ1) is 7.88. The van der Waals surface area contributed by atoms with E-state index in [0.29, 0.717) is 17.2 Å². The van der Waals surface area contributed by atoms with Crippen LogP contribution in [0.2, 0.25) is 0 Å². The molecule has 0 fully saturated rings. The number of carboxylic acids is 1. The SMILES string of the molecule is CS(=O)(=O)CCCSc1ccc(C(=O)O)cn1. The number of aromatic carboxylic acids is 1. The van der Waals surface area contributed by atoms with Crippen LogP contribution in [-0.4, -0.2) is 42.2 Å². The number of carboxylic acid groups (broad SMARTS) is 1. The molecule has 0 spiro atoms. The molecule has 7 heteroatoms. The fourth-order valence-electron chi connectivity index (χ4n) is 1.09. The molecule has 17 heavy (non-hydrogen) atoms. The number of sulfone groups is 1.